The molecule has 4 nitrogen and oxygen atoms in total. The lowest BCUT2D eigenvalue weighted by Crippen LogP contribution is -2.54. The van der Waals surface area contributed by atoms with Crippen molar-refractivity contribution in [2.45, 2.75) is 45.7 Å². The number of aliphatic hydroxyl groups is 1. The van der Waals surface area contributed by atoms with E-state index in [0.29, 0.717) is 6.42 Å². The molecule has 82 valence electrons. The van der Waals surface area contributed by atoms with E-state index in [2.05, 4.69) is 0 Å². The Hall–Kier alpha value is -0.610. The predicted octanol–water partition coefficient (Wildman–Crippen LogP) is 0.615. The lowest BCUT2D eigenvalue weighted by Gasteiger charge is -2.41. The van der Waals surface area contributed by atoms with E-state index >= 15 is 0 Å². The Kier molecular flexibility index (Phi) is 3.17. The normalized spacial score (nSPS) is 21.8. The van der Waals surface area contributed by atoms with Crippen molar-refractivity contribution in [2.75, 3.05) is 13.2 Å². The number of aliphatic hydroxyl groups excluding tert-OH is 1. The maximum Gasteiger partial charge on any atom is 0.238 e. The molecule has 0 aromatic heterocycles. The molecule has 1 aliphatic heterocycles. The Balaban J connectivity index is 2.82. The molecule has 1 amide bonds. The van der Waals surface area contributed by atoms with Crippen LogP contribution in [0.4, 0.5) is 0 Å². The van der Waals surface area contributed by atoms with Gasteiger partial charge in [0, 0.05) is 19.0 Å². The van der Waals surface area contributed by atoms with Crippen LogP contribution in [0.3, 0.4) is 0 Å². The Morgan fingerprint density at radius 3 is 2.50 bits per heavy atom. The van der Waals surface area contributed by atoms with Gasteiger partial charge < -0.3 is 5.11 Å². The summed E-state index contributed by atoms with van der Waals surface area (Å²) in [6.07, 6.45) is 0.557. The Morgan fingerprint density at radius 1 is 1.50 bits per heavy atom. The van der Waals surface area contributed by atoms with Gasteiger partial charge >= 0.3 is 0 Å². The van der Waals surface area contributed by atoms with Gasteiger partial charge in [-0.2, -0.15) is 0 Å². The van der Waals surface area contributed by atoms with Crippen molar-refractivity contribution in [3.05, 3.63) is 0 Å². The average molecular weight is 200 g/mol. The first-order valence-corrected chi connectivity index (χ1v) is 5.08. The molecule has 0 radical (unpaired) electrons. The molecule has 1 aliphatic rings. The molecule has 0 saturated carbocycles. The first-order valence-electron chi connectivity index (χ1n) is 5.08. The summed E-state index contributed by atoms with van der Waals surface area (Å²) in [5, 5.41) is 12.8. The second-order valence-electron chi connectivity index (χ2n) is 4.82. The van der Waals surface area contributed by atoms with Crippen LogP contribution in [0, 0.1) is 0 Å². The molecule has 1 rings (SSSR count). The van der Waals surface area contributed by atoms with Crippen molar-refractivity contribution in [1.29, 1.82) is 0 Å². The van der Waals surface area contributed by atoms with Gasteiger partial charge in [-0.25, -0.2) is 5.01 Å². The van der Waals surface area contributed by atoms with Crippen LogP contribution in [0.5, 0.6) is 0 Å². The quantitative estimate of drug-likeness (QED) is 0.710. The molecule has 4 heteroatoms. The molecule has 0 aromatic carbocycles. The number of nitrogens with zero attached hydrogens (tertiary/aromatic N) is 2. The lowest BCUT2D eigenvalue weighted by atomic mass is 10.1. The fourth-order valence-corrected chi connectivity index (χ4v) is 1.83. The number of rotatable bonds is 2. The molecule has 0 bridgehead atoms. The largest absolute Gasteiger partial charge is 0.395 e. The van der Waals surface area contributed by atoms with Gasteiger partial charge in [0.05, 0.1) is 12.1 Å². The van der Waals surface area contributed by atoms with Crippen LogP contribution in [0.2, 0.25) is 0 Å². The fraction of sp³-hybridized carbons (Fsp3) is 0.900. The topological polar surface area (TPSA) is 43.8 Å². The number of hydrogen-bond acceptors (Lipinski definition) is 3. The predicted molar refractivity (Wildman–Crippen MR) is 54.5 cm³/mol. The van der Waals surface area contributed by atoms with E-state index in [-0.39, 0.29) is 24.1 Å². The number of carbonyl (C=O) groups is 1. The van der Waals surface area contributed by atoms with E-state index in [1.54, 1.807) is 5.01 Å². The van der Waals surface area contributed by atoms with E-state index < -0.39 is 0 Å². The van der Waals surface area contributed by atoms with E-state index in [1.807, 2.05) is 32.7 Å². The second-order valence-corrected chi connectivity index (χ2v) is 4.82. The van der Waals surface area contributed by atoms with E-state index in [0.717, 1.165) is 6.54 Å². The Labute approximate surface area is 85.5 Å². The summed E-state index contributed by atoms with van der Waals surface area (Å²) in [5.74, 6) is 0.151. The van der Waals surface area contributed by atoms with Crippen molar-refractivity contribution >= 4 is 5.91 Å². The van der Waals surface area contributed by atoms with Crippen molar-refractivity contribution in [2.24, 2.45) is 0 Å². The highest BCUT2D eigenvalue weighted by Crippen LogP contribution is 2.24. The van der Waals surface area contributed by atoms with Crippen molar-refractivity contribution < 1.29 is 9.90 Å². The van der Waals surface area contributed by atoms with Crippen LogP contribution in [-0.4, -0.2) is 45.8 Å². The van der Waals surface area contributed by atoms with Gasteiger partial charge in [-0.1, -0.05) is 0 Å². The summed E-state index contributed by atoms with van der Waals surface area (Å²) < 4.78 is 0. The Morgan fingerprint density at radius 2 is 2.07 bits per heavy atom. The SMILES string of the molecule is CC(CO)N1CCC(=O)N1C(C)(C)C. The summed E-state index contributed by atoms with van der Waals surface area (Å²) in [6, 6.07) is 0.0145. The van der Waals surface area contributed by atoms with Gasteiger partial charge in [0.2, 0.25) is 5.91 Å². The molecule has 0 spiro atoms. The molecule has 1 fully saturated rings. The molecule has 14 heavy (non-hydrogen) atoms. The maximum absolute atomic E-state index is 11.7. The third-order valence-corrected chi connectivity index (χ3v) is 2.46. The van der Waals surface area contributed by atoms with Crippen LogP contribution < -0.4 is 0 Å². The zero-order valence-electron chi connectivity index (χ0n) is 9.45. The van der Waals surface area contributed by atoms with E-state index in [1.165, 1.54) is 0 Å². The summed E-state index contributed by atoms with van der Waals surface area (Å²) in [7, 11) is 0. The third-order valence-electron chi connectivity index (χ3n) is 2.46. The minimum absolute atomic E-state index is 0.0145. The monoisotopic (exact) mass is 200 g/mol. The standard InChI is InChI=1S/C10H20N2O2/c1-8(7-13)11-6-5-9(14)12(11)10(2,3)4/h8,13H,5-7H2,1-4H3. The first-order chi connectivity index (χ1) is 6.38. The number of amides is 1. The number of carbonyl (C=O) groups excluding carboxylic acids is 1. The first kappa shape index (κ1) is 11.5. The van der Waals surface area contributed by atoms with Crippen LogP contribution in [0.25, 0.3) is 0 Å². The highest BCUT2D eigenvalue weighted by Gasteiger charge is 2.38. The number of hydrogen-bond donors (Lipinski definition) is 1. The average Bonchev–Trinajstić information content (AvgIpc) is 2.44. The van der Waals surface area contributed by atoms with Crippen LogP contribution in [0.1, 0.15) is 34.1 Å². The molecule has 1 N–H and O–H groups in total. The van der Waals surface area contributed by atoms with E-state index in [9.17, 15) is 4.79 Å². The van der Waals surface area contributed by atoms with Crippen molar-refractivity contribution in [1.82, 2.24) is 10.0 Å². The minimum atomic E-state index is -0.197. The lowest BCUT2D eigenvalue weighted by molar-refractivity contribution is -0.153. The summed E-state index contributed by atoms with van der Waals surface area (Å²) in [4.78, 5) is 11.7. The van der Waals surface area contributed by atoms with Gasteiger partial charge in [-0.05, 0) is 27.7 Å². The molecule has 1 saturated heterocycles. The minimum Gasteiger partial charge on any atom is -0.395 e. The van der Waals surface area contributed by atoms with Gasteiger partial charge in [0.15, 0.2) is 0 Å². The number of hydrazine groups is 1. The zero-order chi connectivity index (χ0) is 10.9. The van der Waals surface area contributed by atoms with Crippen LogP contribution in [0.15, 0.2) is 0 Å². The fourth-order valence-electron chi connectivity index (χ4n) is 1.83. The molecular formula is C10H20N2O2. The second kappa shape index (κ2) is 3.87. The Bertz CT molecular complexity index is 223. The van der Waals surface area contributed by atoms with Crippen molar-refractivity contribution in [3.63, 3.8) is 0 Å². The molecule has 1 atom stereocenters. The van der Waals surface area contributed by atoms with Gasteiger partial charge in [-0.15, -0.1) is 0 Å². The smallest absolute Gasteiger partial charge is 0.238 e. The van der Waals surface area contributed by atoms with Gasteiger partial charge in [-0.3, -0.25) is 9.80 Å². The molecule has 1 heterocycles. The van der Waals surface area contributed by atoms with Crippen LogP contribution >= 0.6 is 0 Å². The molecular weight excluding hydrogens is 180 g/mol. The summed E-state index contributed by atoms with van der Waals surface area (Å²) >= 11 is 0. The summed E-state index contributed by atoms with van der Waals surface area (Å²) in [5.41, 5.74) is -0.197. The van der Waals surface area contributed by atoms with Gasteiger partial charge in [0.25, 0.3) is 0 Å². The zero-order valence-corrected chi connectivity index (χ0v) is 9.45. The molecule has 0 aromatic rings. The van der Waals surface area contributed by atoms with E-state index in [4.69, 9.17) is 5.11 Å². The highest BCUT2D eigenvalue weighted by atomic mass is 16.3. The molecule has 0 aliphatic carbocycles. The highest BCUT2D eigenvalue weighted by molar-refractivity contribution is 5.78. The van der Waals surface area contributed by atoms with Gasteiger partial charge in [0.1, 0.15) is 0 Å². The third kappa shape index (κ3) is 2.07. The maximum atomic E-state index is 11.7. The van der Waals surface area contributed by atoms with Crippen molar-refractivity contribution in [3.8, 4) is 0 Å². The summed E-state index contributed by atoms with van der Waals surface area (Å²) in [6.45, 7) is 8.75. The van der Waals surface area contributed by atoms with Crippen LogP contribution in [-0.2, 0) is 4.79 Å². The molecule has 1 unspecified atom stereocenters.